The van der Waals surface area contributed by atoms with Crippen LogP contribution >= 0.6 is 0 Å². The summed E-state index contributed by atoms with van der Waals surface area (Å²) in [5.41, 5.74) is 5.32. The second-order valence-corrected chi connectivity index (χ2v) is 12.4. The van der Waals surface area contributed by atoms with E-state index >= 15 is 0 Å². The molecule has 2 saturated carbocycles. The summed E-state index contributed by atoms with van der Waals surface area (Å²) in [4.78, 5) is 24.0. The number of ether oxygens (including phenoxy) is 1. The van der Waals surface area contributed by atoms with Gasteiger partial charge in [0.05, 0.1) is 0 Å². The number of carbonyl (C=O) groups is 2. The lowest BCUT2D eigenvalue weighted by Gasteiger charge is -2.30. The normalized spacial score (nSPS) is 17.5. The summed E-state index contributed by atoms with van der Waals surface area (Å²) >= 11 is 0. The zero-order chi connectivity index (χ0) is 30.7. The van der Waals surface area contributed by atoms with Gasteiger partial charge in [-0.25, -0.2) is 9.59 Å². The molecule has 1 atom stereocenters. The van der Waals surface area contributed by atoms with Crippen LogP contribution in [-0.4, -0.2) is 47.0 Å². The van der Waals surface area contributed by atoms with E-state index in [0.29, 0.717) is 6.42 Å². The molecule has 7 heteroatoms. The molecule has 0 heterocycles. The highest BCUT2D eigenvalue weighted by atomic mass is 16.5. The van der Waals surface area contributed by atoms with Crippen molar-refractivity contribution < 1.29 is 24.5 Å². The number of aromatic hydroxyl groups is 1. The Hall–Kier alpha value is -3.84. The van der Waals surface area contributed by atoms with Gasteiger partial charge in [0.15, 0.2) is 0 Å². The molecule has 44 heavy (non-hydrogen) atoms. The minimum absolute atomic E-state index is 0.0848. The number of aryl methyl sites for hydroxylation is 1. The summed E-state index contributed by atoms with van der Waals surface area (Å²) in [6.07, 6.45) is 14.5. The molecule has 0 bridgehead atoms. The van der Waals surface area contributed by atoms with Crippen molar-refractivity contribution in [3.63, 3.8) is 0 Å². The number of nitrogens with one attached hydrogen (secondary N) is 2. The molecule has 0 aliphatic heterocycles. The molecule has 1 amide bonds. The summed E-state index contributed by atoms with van der Waals surface area (Å²) in [7, 11) is 0. The highest BCUT2D eigenvalue weighted by Crippen LogP contribution is 2.44. The van der Waals surface area contributed by atoms with E-state index in [1.54, 1.807) is 24.3 Å². The van der Waals surface area contributed by atoms with Crippen molar-refractivity contribution in [3.8, 4) is 16.9 Å². The van der Waals surface area contributed by atoms with Gasteiger partial charge in [-0.15, -0.1) is 0 Å². The summed E-state index contributed by atoms with van der Waals surface area (Å²) in [6.45, 7) is 0.129. The van der Waals surface area contributed by atoms with Crippen molar-refractivity contribution >= 4 is 12.1 Å². The molecule has 6 rings (SSSR count). The molecular formula is C37H46N2O5. The maximum Gasteiger partial charge on any atom is 0.407 e. The molecule has 3 aromatic carbocycles. The Morgan fingerprint density at radius 2 is 1.27 bits per heavy atom. The summed E-state index contributed by atoms with van der Waals surface area (Å²) in [5.74, 6) is -1.05. The van der Waals surface area contributed by atoms with Crippen molar-refractivity contribution in [2.75, 3.05) is 6.61 Å². The molecule has 0 spiro atoms. The number of phenols is 1. The van der Waals surface area contributed by atoms with Crippen molar-refractivity contribution in [2.45, 2.75) is 101 Å². The van der Waals surface area contributed by atoms with Gasteiger partial charge in [-0.1, -0.05) is 99.2 Å². The molecule has 234 valence electrons. The van der Waals surface area contributed by atoms with Crippen LogP contribution < -0.4 is 10.6 Å². The fourth-order valence-corrected chi connectivity index (χ4v) is 6.89. The van der Waals surface area contributed by atoms with Gasteiger partial charge in [0.25, 0.3) is 0 Å². The van der Waals surface area contributed by atoms with E-state index in [2.05, 4.69) is 22.8 Å². The number of carboxylic acids is 1. The maximum atomic E-state index is 12.4. The summed E-state index contributed by atoms with van der Waals surface area (Å²) in [5, 5.41) is 25.1. The number of hydrogen-bond acceptors (Lipinski definition) is 5. The molecule has 0 saturated heterocycles. The number of alkyl carbamates (subject to hydrolysis) is 1. The van der Waals surface area contributed by atoms with Crippen LogP contribution in [0.4, 0.5) is 4.79 Å². The lowest BCUT2D eigenvalue weighted by Crippen LogP contribution is -2.41. The van der Waals surface area contributed by atoms with Gasteiger partial charge in [0, 0.05) is 18.0 Å². The Morgan fingerprint density at radius 3 is 1.80 bits per heavy atom. The minimum Gasteiger partial charge on any atom is -0.508 e. The van der Waals surface area contributed by atoms with Gasteiger partial charge < -0.3 is 25.6 Å². The van der Waals surface area contributed by atoms with E-state index in [9.17, 15) is 19.8 Å². The number of fused-ring (bicyclic) bond motifs is 3. The molecule has 3 aliphatic carbocycles. The smallest absolute Gasteiger partial charge is 0.407 e. The first-order chi connectivity index (χ1) is 21.5. The predicted octanol–water partition coefficient (Wildman–Crippen LogP) is 7.56. The Balaban J connectivity index is 0.000000245. The predicted molar refractivity (Wildman–Crippen MR) is 173 cm³/mol. The van der Waals surface area contributed by atoms with Crippen molar-refractivity contribution in [1.29, 1.82) is 0 Å². The van der Waals surface area contributed by atoms with E-state index in [4.69, 9.17) is 4.74 Å². The zero-order valence-corrected chi connectivity index (χ0v) is 25.5. The molecule has 2 fully saturated rings. The summed E-state index contributed by atoms with van der Waals surface area (Å²) in [6, 6.07) is 23.3. The molecular weight excluding hydrogens is 552 g/mol. The highest BCUT2D eigenvalue weighted by molar-refractivity contribution is 5.81. The number of carboxylic acid groups (broad SMARTS) is 1. The molecule has 1 unspecified atom stereocenters. The SMILES string of the molecule is C1CCC(NC2CCCCC2)CC1.O=C(NC(CCc1ccc(O)cc1)C(=O)O)OCC1c2ccccc2-c2ccccc21. The number of phenolic OH excluding ortho intramolecular Hbond substituents is 1. The van der Waals surface area contributed by atoms with Crippen LogP contribution in [0.25, 0.3) is 11.1 Å². The number of benzene rings is 3. The first-order valence-electron chi connectivity index (χ1n) is 16.4. The number of rotatable bonds is 9. The van der Waals surface area contributed by atoms with E-state index in [1.807, 2.05) is 36.4 Å². The molecule has 0 aromatic heterocycles. The van der Waals surface area contributed by atoms with Gasteiger partial charge in [-0.05, 0) is 78.5 Å². The van der Waals surface area contributed by atoms with Crippen molar-refractivity contribution in [1.82, 2.24) is 10.6 Å². The Labute approximate surface area is 261 Å². The van der Waals surface area contributed by atoms with Crippen LogP contribution in [0.2, 0.25) is 0 Å². The Bertz CT molecular complexity index is 1300. The standard InChI is InChI=1S/C25H23NO5.C12H23N/c27-17-12-9-16(10-13-17)11-14-23(24(28)29)26-25(30)31-15-22-20-7-3-1-5-18(20)19-6-2-4-8-21(19)22;1-3-7-11(8-4-1)13-12-9-5-2-6-10-12/h1-10,12-13,22-23,27H,11,14-15H2,(H,26,30)(H,28,29);11-13H,1-10H2. The quantitative estimate of drug-likeness (QED) is 0.203. The van der Waals surface area contributed by atoms with E-state index in [0.717, 1.165) is 39.9 Å². The molecule has 0 radical (unpaired) electrons. The van der Waals surface area contributed by atoms with Gasteiger partial charge in [0.2, 0.25) is 0 Å². The van der Waals surface area contributed by atoms with Gasteiger partial charge >= 0.3 is 12.1 Å². The average Bonchev–Trinajstić information content (AvgIpc) is 3.37. The van der Waals surface area contributed by atoms with E-state index in [1.165, 1.54) is 64.2 Å². The second-order valence-electron chi connectivity index (χ2n) is 12.4. The van der Waals surface area contributed by atoms with Crippen LogP contribution in [0, 0.1) is 0 Å². The van der Waals surface area contributed by atoms with Crippen LogP contribution in [0.15, 0.2) is 72.8 Å². The van der Waals surface area contributed by atoms with Crippen LogP contribution in [0.5, 0.6) is 5.75 Å². The number of amides is 1. The number of hydrogen-bond donors (Lipinski definition) is 4. The third kappa shape index (κ3) is 8.63. The molecule has 3 aliphatic rings. The molecule has 4 N–H and O–H groups in total. The first kappa shape index (κ1) is 31.6. The maximum absolute atomic E-state index is 12.4. The summed E-state index contributed by atoms with van der Waals surface area (Å²) < 4.78 is 5.44. The van der Waals surface area contributed by atoms with E-state index < -0.39 is 18.1 Å². The third-order valence-corrected chi connectivity index (χ3v) is 9.27. The topological polar surface area (TPSA) is 108 Å². The fraction of sp³-hybridized carbons (Fsp3) is 0.459. The van der Waals surface area contributed by atoms with Crippen LogP contribution in [0.3, 0.4) is 0 Å². The lowest BCUT2D eigenvalue weighted by atomic mass is 9.91. The van der Waals surface area contributed by atoms with Crippen molar-refractivity contribution in [2.24, 2.45) is 0 Å². The Kier molecular flexibility index (Phi) is 11.3. The fourth-order valence-electron chi connectivity index (χ4n) is 6.89. The monoisotopic (exact) mass is 598 g/mol. The second kappa shape index (κ2) is 15.8. The average molecular weight is 599 g/mol. The van der Waals surface area contributed by atoms with Gasteiger partial charge in [-0.3, -0.25) is 0 Å². The van der Waals surface area contributed by atoms with E-state index in [-0.39, 0.29) is 24.7 Å². The largest absolute Gasteiger partial charge is 0.508 e. The third-order valence-electron chi connectivity index (χ3n) is 9.27. The molecule has 7 nitrogen and oxygen atoms in total. The van der Waals surface area contributed by atoms with Gasteiger partial charge in [0.1, 0.15) is 18.4 Å². The van der Waals surface area contributed by atoms with Gasteiger partial charge in [-0.2, -0.15) is 0 Å². The first-order valence-corrected chi connectivity index (χ1v) is 16.4. The van der Waals surface area contributed by atoms with Crippen molar-refractivity contribution in [3.05, 3.63) is 89.5 Å². The van der Waals surface area contributed by atoms with Crippen LogP contribution in [-0.2, 0) is 16.0 Å². The Morgan fingerprint density at radius 1 is 0.750 bits per heavy atom. The number of aliphatic carboxylic acids is 1. The highest BCUT2D eigenvalue weighted by Gasteiger charge is 2.29. The minimum atomic E-state index is -1.12. The lowest BCUT2D eigenvalue weighted by molar-refractivity contribution is -0.139. The number of carbonyl (C=O) groups excluding carboxylic acids is 1. The molecule has 3 aromatic rings. The van der Waals surface area contributed by atoms with Crippen LogP contribution in [0.1, 0.15) is 93.2 Å². The zero-order valence-electron chi connectivity index (χ0n) is 25.5.